The highest BCUT2D eigenvalue weighted by Crippen LogP contribution is 2.17. The molecule has 2 atom stereocenters. The van der Waals surface area contributed by atoms with Crippen LogP contribution in [0.3, 0.4) is 0 Å². The van der Waals surface area contributed by atoms with E-state index in [9.17, 15) is 18.0 Å². The largest absolute Gasteiger partial charge is 0.479 e. The molecule has 0 bridgehead atoms. The molecular weight excluding hydrogens is 173 g/mol. The van der Waals surface area contributed by atoms with Gasteiger partial charge in [0.05, 0.1) is 0 Å². The van der Waals surface area contributed by atoms with Crippen molar-refractivity contribution in [1.29, 1.82) is 0 Å². The SMILES string of the molecule is CC(CC(F)F)CC(F)C(=O)O. The van der Waals surface area contributed by atoms with Crippen LogP contribution in [-0.4, -0.2) is 23.7 Å². The van der Waals surface area contributed by atoms with E-state index in [4.69, 9.17) is 5.11 Å². The highest BCUT2D eigenvalue weighted by Gasteiger charge is 2.21. The first-order valence-electron chi connectivity index (χ1n) is 3.58. The third-order valence-electron chi connectivity index (χ3n) is 1.46. The molecule has 72 valence electrons. The minimum Gasteiger partial charge on any atom is -0.479 e. The van der Waals surface area contributed by atoms with Crippen LogP contribution in [0.1, 0.15) is 19.8 Å². The van der Waals surface area contributed by atoms with Crippen LogP contribution >= 0.6 is 0 Å². The normalized spacial score (nSPS) is 16.1. The third-order valence-corrected chi connectivity index (χ3v) is 1.46. The Morgan fingerprint density at radius 2 is 1.83 bits per heavy atom. The molecule has 0 aliphatic carbocycles. The maximum Gasteiger partial charge on any atom is 0.338 e. The van der Waals surface area contributed by atoms with Crippen molar-refractivity contribution in [2.45, 2.75) is 32.4 Å². The number of alkyl halides is 3. The Morgan fingerprint density at radius 3 is 2.17 bits per heavy atom. The quantitative estimate of drug-likeness (QED) is 0.710. The molecule has 0 aromatic carbocycles. The van der Waals surface area contributed by atoms with Gasteiger partial charge in [-0.2, -0.15) is 0 Å². The van der Waals surface area contributed by atoms with E-state index in [0.717, 1.165) is 0 Å². The average molecular weight is 184 g/mol. The zero-order chi connectivity index (χ0) is 9.72. The van der Waals surface area contributed by atoms with Crippen LogP contribution in [0.2, 0.25) is 0 Å². The van der Waals surface area contributed by atoms with E-state index in [2.05, 4.69) is 0 Å². The smallest absolute Gasteiger partial charge is 0.338 e. The fourth-order valence-corrected chi connectivity index (χ4v) is 0.854. The Morgan fingerprint density at radius 1 is 1.33 bits per heavy atom. The van der Waals surface area contributed by atoms with Gasteiger partial charge in [-0.25, -0.2) is 18.0 Å². The maximum absolute atomic E-state index is 12.4. The fraction of sp³-hybridized carbons (Fsp3) is 0.857. The Balaban J connectivity index is 3.68. The summed E-state index contributed by atoms with van der Waals surface area (Å²) in [6.45, 7) is 1.40. The van der Waals surface area contributed by atoms with Crippen molar-refractivity contribution < 1.29 is 23.1 Å². The zero-order valence-corrected chi connectivity index (χ0v) is 6.64. The van der Waals surface area contributed by atoms with Gasteiger partial charge in [0.2, 0.25) is 6.43 Å². The minimum atomic E-state index is -2.50. The van der Waals surface area contributed by atoms with Gasteiger partial charge in [-0.15, -0.1) is 0 Å². The van der Waals surface area contributed by atoms with E-state index in [1.165, 1.54) is 6.92 Å². The summed E-state index contributed by atoms with van der Waals surface area (Å²) in [6, 6.07) is 0. The van der Waals surface area contributed by atoms with Gasteiger partial charge in [0.25, 0.3) is 0 Å². The van der Waals surface area contributed by atoms with Crippen molar-refractivity contribution >= 4 is 5.97 Å². The van der Waals surface area contributed by atoms with Crippen molar-refractivity contribution in [3.8, 4) is 0 Å². The molecule has 0 saturated heterocycles. The lowest BCUT2D eigenvalue weighted by molar-refractivity contribution is -0.143. The fourth-order valence-electron chi connectivity index (χ4n) is 0.854. The van der Waals surface area contributed by atoms with Gasteiger partial charge in [-0.05, 0) is 12.3 Å². The van der Waals surface area contributed by atoms with Crippen LogP contribution in [0.25, 0.3) is 0 Å². The van der Waals surface area contributed by atoms with Gasteiger partial charge in [0.1, 0.15) is 0 Å². The Hall–Kier alpha value is -0.740. The molecule has 0 aromatic rings. The number of hydrogen-bond acceptors (Lipinski definition) is 1. The van der Waals surface area contributed by atoms with E-state index in [0.29, 0.717) is 0 Å². The molecule has 0 aliphatic rings. The van der Waals surface area contributed by atoms with Crippen LogP contribution in [0.15, 0.2) is 0 Å². The summed E-state index contributed by atoms with van der Waals surface area (Å²) in [5.41, 5.74) is 0. The van der Waals surface area contributed by atoms with E-state index in [1.807, 2.05) is 0 Å². The predicted octanol–water partition coefficient (Wildman–Crippen LogP) is 2.09. The van der Waals surface area contributed by atoms with E-state index < -0.39 is 30.9 Å². The van der Waals surface area contributed by atoms with Crippen LogP contribution in [0, 0.1) is 5.92 Å². The lowest BCUT2D eigenvalue weighted by atomic mass is 10.0. The number of aliphatic carboxylic acids is 1. The Kier molecular flexibility index (Phi) is 4.70. The number of halogens is 3. The highest BCUT2D eigenvalue weighted by molar-refractivity contribution is 5.71. The molecule has 0 aliphatic heterocycles. The number of hydrogen-bond donors (Lipinski definition) is 1. The van der Waals surface area contributed by atoms with Crippen LogP contribution < -0.4 is 0 Å². The summed E-state index contributed by atoms with van der Waals surface area (Å²) in [6.07, 6.45) is -5.33. The summed E-state index contributed by atoms with van der Waals surface area (Å²) in [5, 5.41) is 8.10. The molecule has 2 unspecified atom stereocenters. The summed E-state index contributed by atoms with van der Waals surface area (Å²) in [7, 11) is 0. The van der Waals surface area contributed by atoms with E-state index in [-0.39, 0.29) is 6.42 Å². The van der Waals surface area contributed by atoms with Crippen molar-refractivity contribution in [3.05, 3.63) is 0 Å². The Labute approximate surface area is 68.4 Å². The topological polar surface area (TPSA) is 37.3 Å². The van der Waals surface area contributed by atoms with Gasteiger partial charge < -0.3 is 5.11 Å². The molecule has 0 amide bonds. The summed E-state index contributed by atoms with van der Waals surface area (Å²) < 4.78 is 35.7. The molecule has 0 aromatic heterocycles. The monoisotopic (exact) mass is 184 g/mol. The van der Waals surface area contributed by atoms with E-state index >= 15 is 0 Å². The van der Waals surface area contributed by atoms with Gasteiger partial charge >= 0.3 is 5.97 Å². The van der Waals surface area contributed by atoms with E-state index in [1.54, 1.807) is 0 Å². The average Bonchev–Trinajstić information content (AvgIpc) is 1.84. The number of rotatable bonds is 5. The predicted molar refractivity (Wildman–Crippen MR) is 36.9 cm³/mol. The molecule has 0 fully saturated rings. The lowest BCUT2D eigenvalue weighted by Gasteiger charge is -2.10. The molecule has 0 heterocycles. The Bertz CT molecular complexity index is 150. The minimum absolute atomic E-state index is 0.348. The maximum atomic E-state index is 12.4. The molecule has 0 saturated carbocycles. The lowest BCUT2D eigenvalue weighted by Crippen LogP contribution is -2.18. The molecule has 12 heavy (non-hydrogen) atoms. The van der Waals surface area contributed by atoms with Gasteiger partial charge in [-0.1, -0.05) is 6.92 Å². The van der Waals surface area contributed by atoms with Crippen LogP contribution in [-0.2, 0) is 4.79 Å². The second-order valence-electron chi connectivity index (χ2n) is 2.77. The molecule has 1 N–H and O–H groups in total. The summed E-state index contributed by atoms with van der Waals surface area (Å²) in [5.74, 6) is -2.19. The summed E-state index contributed by atoms with van der Waals surface area (Å²) in [4.78, 5) is 9.96. The second-order valence-corrected chi connectivity index (χ2v) is 2.77. The van der Waals surface area contributed by atoms with Crippen LogP contribution in [0.5, 0.6) is 0 Å². The molecule has 0 radical (unpaired) electrons. The molecule has 0 spiro atoms. The van der Waals surface area contributed by atoms with Crippen molar-refractivity contribution in [1.82, 2.24) is 0 Å². The highest BCUT2D eigenvalue weighted by atomic mass is 19.3. The van der Waals surface area contributed by atoms with Gasteiger partial charge in [0, 0.05) is 6.42 Å². The van der Waals surface area contributed by atoms with Gasteiger partial charge in [0.15, 0.2) is 6.17 Å². The van der Waals surface area contributed by atoms with Gasteiger partial charge in [-0.3, -0.25) is 0 Å². The third kappa shape index (κ3) is 4.98. The molecule has 2 nitrogen and oxygen atoms in total. The first-order chi connectivity index (χ1) is 5.43. The molecule has 0 rings (SSSR count). The van der Waals surface area contributed by atoms with Crippen molar-refractivity contribution in [2.75, 3.05) is 0 Å². The number of carboxylic acid groups (broad SMARTS) is 1. The molecular formula is C7H11F3O2. The zero-order valence-electron chi connectivity index (χ0n) is 6.64. The molecule has 5 heteroatoms. The first kappa shape index (κ1) is 11.3. The first-order valence-corrected chi connectivity index (χ1v) is 3.58. The number of carbonyl (C=O) groups is 1. The standard InChI is InChI=1S/C7H11F3O2/c1-4(3-6(9)10)2-5(8)7(11)12/h4-6H,2-3H2,1H3,(H,11,12). The summed E-state index contributed by atoms with van der Waals surface area (Å²) >= 11 is 0. The van der Waals surface area contributed by atoms with Crippen molar-refractivity contribution in [2.24, 2.45) is 5.92 Å². The number of carboxylic acids is 1. The van der Waals surface area contributed by atoms with Crippen LogP contribution in [0.4, 0.5) is 13.2 Å². The second kappa shape index (κ2) is 5.00. The van der Waals surface area contributed by atoms with Crippen molar-refractivity contribution in [3.63, 3.8) is 0 Å².